The Hall–Kier alpha value is -4.58. The number of hydrogen-bond acceptors (Lipinski definition) is 9. The van der Waals surface area contributed by atoms with Crippen molar-refractivity contribution in [2.24, 2.45) is 5.10 Å². The molecule has 0 saturated carbocycles. The molecule has 5 rings (SSSR count). The quantitative estimate of drug-likeness (QED) is 0.195. The molecule has 12 heteroatoms. The Morgan fingerprint density at radius 1 is 1.23 bits per heavy atom. The summed E-state index contributed by atoms with van der Waals surface area (Å²) >= 11 is 1.60. The second kappa shape index (κ2) is 11.0. The number of aryl methyl sites for hydroxylation is 3. The van der Waals surface area contributed by atoms with E-state index in [9.17, 15) is 19.7 Å². The summed E-state index contributed by atoms with van der Waals surface area (Å²) in [6, 6.07) is 10.7. The van der Waals surface area contributed by atoms with Gasteiger partial charge in [0.2, 0.25) is 0 Å². The van der Waals surface area contributed by atoms with Gasteiger partial charge in [0, 0.05) is 22.7 Å². The molecule has 0 saturated heterocycles. The normalized spacial score (nSPS) is 12.9. The van der Waals surface area contributed by atoms with Crippen LogP contribution in [0, 0.1) is 17.0 Å². The molecule has 0 spiro atoms. The van der Waals surface area contributed by atoms with E-state index in [0.29, 0.717) is 28.3 Å². The first-order chi connectivity index (χ1) is 18.8. The van der Waals surface area contributed by atoms with Gasteiger partial charge in [-0.25, -0.2) is 4.98 Å². The molecule has 200 valence electrons. The summed E-state index contributed by atoms with van der Waals surface area (Å²) in [5.41, 5.74) is 1.75. The maximum absolute atomic E-state index is 13.3. The Labute approximate surface area is 226 Å². The van der Waals surface area contributed by atoms with Crippen molar-refractivity contribution in [2.75, 3.05) is 19.0 Å². The van der Waals surface area contributed by atoms with E-state index in [-0.39, 0.29) is 23.5 Å². The van der Waals surface area contributed by atoms with Crippen LogP contribution in [-0.2, 0) is 17.6 Å². The number of ether oxygens (including phenoxy) is 2. The summed E-state index contributed by atoms with van der Waals surface area (Å²) in [5, 5.41) is 18.6. The number of nitro groups is 1. The smallest absolute Gasteiger partial charge is 0.283 e. The van der Waals surface area contributed by atoms with Gasteiger partial charge in [0.15, 0.2) is 18.1 Å². The molecule has 2 heterocycles. The number of hydrogen-bond donors (Lipinski definition) is 1. The molecule has 0 radical (unpaired) electrons. The predicted octanol–water partition coefficient (Wildman–Crippen LogP) is 4.46. The summed E-state index contributed by atoms with van der Waals surface area (Å²) in [6.45, 7) is 1.42. The SMILES string of the molecule is COc1cc(/C=N\n2c(C)nc3sc4c(c3c2=O)CCCC4)ccc1OCC(=O)Nc1cccc([N+](=O)[O-])c1. The van der Waals surface area contributed by atoms with Crippen LogP contribution in [0.5, 0.6) is 11.5 Å². The maximum Gasteiger partial charge on any atom is 0.283 e. The van der Waals surface area contributed by atoms with E-state index >= 15 is 0 Å². The molecule has 1 aliphatic rings. The molecule has 2 aromatic heterocycles. The number of nitrogens with zero attached hydrogens (tertiary/aromatic N) is 4. The average Bonchev–Trinajstić information content (AvgIpc) is 3.30. The highest BCUT2D eigenvalue weighted by atomic mass is 32.1. The number of aromatic nitrogens is 2. The molecule has 39 heavy (non-hydrogen) atoms. The summed E-state index contributed by atoms with van der Waals surface area (Å²) in [4.78, 5) is 42.7. The first-order valence-corrected chi connectivity index (χ1v) is 13.1. The maximum atomic E-state index is 13.3. The van der Waals surface area contributed by atoms with Crippen molar-refractivity contribution in [1.29, 1.82) is 0 Å². The molecule has 1 N–H and O–H groups in total. The number of non-ortho nitro benzene ring substituents is 1. The Bertz CT molecular complexity index is 1680. The summed E-state index contributed by atoms with van der Waals surface area (Å²) in [5.74, 6) is 0.706. The molecule has 0 aliphatic heterocycles. The van der Waals surface area contributed by atoms with Crippen molar-refractivity contribution < 1.29 is 19.2 Å². The number of carbonyl (C=O) groups excluding carboxylic acids is 1. The number of methoxy groups -OCH3 is 1. The number of rotatable bonds is 8. The standard InChI is InChI=1S/C27H25N5O6S/c1-16-29-26-25(20-8-3-4-9-23(20)39-26)27(34)31(16)28-14-17-10-11-21(22(12-17)37-2)38-15-24(33)30-18-6-5-7-19(13-18)32(35)36/h5-7,10-14H,3-4,8-9,15H2,1-2H3,(H,30,33)/b28-14-. The zero-order valence-corrected chi connectivity index (χ0v) is 22.1. The second-order valence-corrected chi connectivity index (χ2v) is 10.0. The van der Waals surface area contributed by atoms with Crippen LogP contribution in [0.1, 0.15) is 34.7 Å². The molecule has 1 amide bonds. The van der Waals surface area contributed by atoms with Crippen LogP contribution in [-0.4, -0.2) is 40.4 Å². The monoisotopic (exact) mass is 547 g/mol. The minimum absolute atomic E-state index is 0.129. The fourth-order valence-electron chi connectivity index (χ4n) is 4.48. The Morgan fingerprint density at radius 2 is 2.05 bits per heavy atom. The van der Waals surface area contributed by atoms with Crippen molar-refractivity contribution in [2.45, 2.75) is 32.6 Å². The highest BCUT2D eigenvalue weighted by molar-refractivity contribution is 7.18. The van der Waals surface area contributed by atoms with Crippen LogP contribution in [0.3, 0.4) is 0 Å². The van der Waals surface area contributed by atoms with E-state index in [0.717, 1.165) is 36.1 Å². The molecule has 0 bridgehead atoms. The van der Waals surface area contributed by atoms with Crippen molar-refractivity contribution in [3.05, 3.63) is 84.8 Å². The molecular weight excluding hydrogens is 522 g/mol. The first kappa shape index (κ1) is 26.0. The lowest BCUT2D eigenvalue weighted by Gasteiger charge is -2.12. The third kappa shape index (κ3) is 5.50. The lowest BCUT2D eigenvalue weighted by atomic mass is 9.97. The Balaban J connectivity index is 1.30. The van der Waals surface area contributed by atoms with Gasteiger partial charge in [-0.1, -0.05) is 6.07 Å². The van der Waals surface area contributed by atoms with Gasteiger partial charge in [-0.2, -0.15) is 9.78 Å². The molecule has 0 unspecified atom stereocenters. The van der Waals surface area contributed by atoms with Crippen molar-refractivity contribution in [3.63, 3.8) is 0 Å². The number of thiophene rings is 1. The van der Waals surface area contributed by atoms with Gasteiger partial charge in [0.1, 0.15) is 10.7 Å². The highest BCUT2D eigenvalue weighted by Gasteiger charge is 2.21. The van der Waals surface area contributed by atoms with E-state index in [1.807, 2.05) is 0 Å². The molecule has 0 fully saturated rings. The number of nitro benzene ring substituents is 1. The second-order valence-electron chi connectivity index (χ2n) is 8.97. The van der Waals surface area contributed by atoms with Gasteiger partial charge < -0.3 is 14.8 Å². The topological polar surface area (TPSA) is 138 Å². The van der Waals surface area contributed by atoms with Gasteiger partial charge in [0.25, 0.3) is 17.2 Å². The van der Waals surface area contributed by atoms with Gasteiger partial charge >= 0.3 is 0 Å². The Morgan fingerprint density at radius 3 is 2.85 bits per heavy atom. The van der Waals surface area contributed by atoms with E-state index in [1.54, 1.807) is 48.7 Å². The van der Waals surface area contributed by atoms with E-state index in [4.69, 9.17) is 9.47 Å². The van der Waals surface area contributed by atoms with Crippen molar-refractivity contribution in [3.8, 4) is 11.5 Å². The van der Waals surface area contributed by atoms with Crippen LogP contribution in [0.15, 0.2) is 52.4 Å². The number of amides is 1. The van der Waals surface area contributed by atoms with Crippen LogP contribution in [0.25, 0.3) is 10.2 Å². The van der Waals surface area contributed by atoms with Gasteiger partial charge in [-0.05, 0) is 68.0 Å². The van der Waals surface area contributed by atoms with Gasteiger partial charge in [-0.3, -0.25) is 19.7 Å². The highest BCUT2D eigenvalue weighted by Crippen LogP contribution is 2.34. The zero-order valence-electron chi connectivity index (χ0n) is 21.3. The average molecular weight is 548 g/mol. The van der Waals surface area contributed by atoms with E-state index in [2.05, 4.69) is 15.4 Å². The zero-order chi connectivity index (χ0) is 27.5. The summed E-state index contributed by atoms with van der Waals surface area (Å²) < 4.78 is 12.3. The van der Waals surface area contributed by atoms with Crippen LogP contribution >= 0.6 is 11.3 Å². The third-order valence-electron chi connectivity index (χ3n) is 6.34. The molecule has 4 aromatic rings. The van der Waals surface area contributed by atoms with E-state index in [1.165, 1.54) is 34.9 Å². The molecule has 2 aromatic carbocycles. The third-order valence-corrected chi connectivity index (χ3v) is 7.52. The van der Waals surface area contributed by atoms with Gasteiger partial charge in [-0.15, -0.1) is 11.3 Å². The Kier molecular flexibility index (Phi) is 7.37. The minimum atomic E-state index is -0.538. The summed E-state index contributed by atoms with van der Waals surface area (Å²) in [7, 11) is 1.47. The number of carbonyl (C=O) groups is 1. The number of nitrogens with one attached hydrogen (secondary N) is 1. The summed E-state index contributed by atoms with van der Waals surface area (Å²) in [6.07, 6.45) is 5.63. The minimum Gasteiger partial charge on any atom is -0.493 e. The fourth-order valence-corrected chi connectivity index (χ4v) is 5.78. The lowest BCUT2D eigenvalue weighted by Crippen LogP contribution is -2.21. The number of anilines is 1. The van der Waals surface area contributed by atoms with Crippen LogP contribution in [0.2, 0.25) is 0 Å². The predicted molar refractivity (Wildman–Crippen MR) is 148 cm³/mol. The van der Waals surface area contributed by atoms with Crippen molar-refractivity contribution >= 4 is 45.0 Å². The van der Waals surface area contributed by atoms with Crippen LogP contribution in [0.4, 0.5) is 11.4 Å². The molecule has 1 aliphatic carbocycles. The molecule has 0 atom stereocenters. The number of benzene rings is 2. The van der Waals surface area contributed by atoms with Crippen molar-refractivity contribution in [1.82, 2.24) is 9.66 Å². The van der Waals surface area contributed by atoms with Gasteiger partial charge in [0.05, 0.1) is 23.6 Å². The van der Waals surface area contributed by atoms with Crippen LogP contribution < -0.4 is 20.3 Å². The largest absolute Gasteiger partial charge is 0.493 e. The molecular formula is C27H25N5O6S. The first-order valence-electron chi connectivity index (χ1n) is 12.3. The fraction of sp³-hybridized carbons (Fsp3) is 0.259. The number of fused-ring (bicyclic) bond motifs is 3. The lowest BCUT2D eigenvalue weighted by molar-refractivity contribution is -0.384. The molecule has 11 nitrogen and oxygen atoms in total. The van der Waals surface area contributed by atoms with E-state index < -0.39 is 10.8 Å².